The van der Waals surface area contributed by atoms with Crippen LogP contribution in [-0.4, -0.2) is 20.7 Å². The van der Waals surface area contributed by atoms with Crippen LogP contribution in [0, 0.1) is 0 Å². The summed E-state index contributed by atoms with van der Waals surface area (Å²) in [6.07, 6.45) is 3.25. The number of carbonyl (C=O) groups is 1. The van der Waals surface area contributed by atoms with Gasteiger partial charge in [-0.2, -0.15) is 5.10 Å². The summed E-state index contributed by atoms with van der Waals surface area (Å²) in [7, 11) is 0. The molecule has 0 aliphatic heterocycles. The number of halogens is 1. The molecule has 4 N–H and O–H groups in total. The first-order valence-corrected chi connectivity index (χ1v) is 5.58. The number of anilines is 1. The molecular weight excluding hydrogens is 286 g/mol. The second-order valence-corrected chi connectivity index (χ2v) is 4.38. The number of primary amides is 1. The summed E-state index contributed by atoms with van der Waals surface area (Å²) >= 11 is 3.30. The Morgan fingerprint density at radius 2 is 2.24 bits per heavy atom. The molecule has 6 nitrogen and oxygen atoms in total. The molecule has 0 unspecified atom stereocenters. The van der Waals surface area contributed by atoms with Crippen molar-refractivity contribution in [1.29, 1.82) is 0 Å². The number of nitrogen functional groups attached to an aromatic ring is 1. The van der Waals surface area contributed by atoms with Crippen molar-refractivity contribution in [3.63, 3.8) is 0 Å². The van der Waals surface area contributed by atoms with Gasteiger partial charge in [-0.1, -0.05) is 0 Å². The van der Waals surface area contributed by atoms with Crippen molar-refractivity contribution in [1.82, 2.24) is 14.8 Å². The number of hydrogen-bond acceptors (Lipinski definition) is 4. The summed E-state index contributed by atoms with van der Waals surface area (Å²) in [5.74, 6) is -0.634. The van der Waals surface area contributed by atoms with Crippen LogP contribution < -0.4 is 11.5 Å². The summed E-state index contributed by atoms with van der Waals surface area (Å²) < 4.78 is 2.44. The van der Waals surface area contributed by atoms with Gasteiger partial charge >= 0.3 is 0 Å². The molecule has 17 heavy (non-hydrogen) atoms. The minimum absolute atomic E-state index is 0.0853. The summed E-state index contributed by atoms with van der Waals surface area (Å²) in [6, 6.07) is 3.73. The lowest BCUT2D eigenvalue weighted by Crippen LogP contribution is -2.14. The fourth-order valence-corrected chi connectivity index (χ4v) is 1.61. The highest BCUT2D eigenvalue weighted by molar-refractivity contribution is 9.10. The Morgan fingerprint density at radius 3 is 2.76 bits per heavy atom. The van der Waals surface area contributed by atoms with E-state index in [1.54, 1.807) is 12.4 Å². The predicted octanol–water partition coefficient (Wildman–Crippen LogP) is 0.770. The molecule has 0 radical (unpaired) electrons. The topological polar surface area (TPSA) is 99.8 Å². The molecule has 7 heteroatoms. The van der Waals surface area contributed by atoms with Crippen LogP contribution in [0.3, 0.4) is 0 Å². The van der Waals surface area contributed by atoms with E-state index in [-0.39, 0.29) is 11.4 Å². The lowest BCUT2D eigenvalue weighted by atomic mass is 10.3. The van der Waals surface area contributed by atoms with Gasteiger partial charge in [0.05, 0.1) is 17.9 Å². The molecule has 88 valence electrons. The van der Waals surface area contributed by atoms with Crippen LogP contribution in [0.2, 0.25) is 0 Å². The monoisotopic (exact) mass is 295 g/mol. The second-order valence-electron chi connectivity index (χ2n) is 3.46. The van der Waals surface area contributed by atoms with Crippen LogP contribution in [0.1, 0.15) is 16.2 Å². The Bertz CT molecular complexity index is 548. The fraction of sp³-hybridized carbons (Fsp3) is 0.100. The van der Waals surface area contributed by atoms with Crippen molar-refractivity contribution in [3.05, 3.63) is 40.4 Å². The number of pyridine rings is 1. The molecule has 0 aromatic carbocycles. The molecule has 1 amide bonds. The fourth-order valence-electron chi connectivity index (χ4n) is 1.38. The number of aromatic nitrogens is 3. The first kappa shape index (κ1) is 11.6. The van der Waals surface area contributed by atoms with E-state index in [2.05, 4.69) is 26.0 Å². The Kier molecular flexibility index (Phi) is 3.10. The van der Waals surface area contributed by atoms with Crippen LogP contribution in [0.4, 0.5) is 5.69 Å². The molecule has 0 bridgehead atoms. The average Bonchev–Trinajstić information content (AvgIpc) is 2.63. The Labute approximate surface area is 106 Å². The molecule has 2 heterocycles. The molecule has 0 aliphatic carbocycles. The predicted molar refractivity (Wildman–Crippen MR) is 66.2 cm³/mol. The van der Waals surface area contributed by atoms with E-state index >= 15 is 0 Å². The third-order valence-corrected chi connectivity index (χ3v) is 2.61. The van der Waals surface area contributed by atoms with Gasteiger partial charge in [0.1, 0.15) is 0 Å². The number of rotatable bonds is 3. The van der Waals surface area contributed by atoms with Crippen molar-refractivity contribution in [3.8, 4) is 0 Å². The van der Waals surface area contributed by atoms with Gasteiger partial charge in [-0.25, -0.2) is 0 Å². The lowest BCUT2D eigenvalue weighted by molar-refractivity contribution is 0.0995. The standard InChI is InChI=1S/C10H10BrN5O/c11-6-1-2-7(14-3-6)4-16-5-8(12)9(15-16)10(13)17/h1-3,5H,4,12H2,(H2,13,17). The minimum atomic E-state index is -0.634. The molecular formula is C10H10BrN5O. The first-order chi connectivity index (χ1) is 8.06. The molecule has 2 aromatic rings. The van der Waals surface area contributed by atoms with E-state index in [1.165, 1.54) is 4.68 Å². The van der Waals surface area contributed by atoms with Crippen molar-refractivity contribution in [2.75, 3.05) is 5.73 Å². The van der Waals surface area contributed by atoms with Crippen molar-refractivity contribution < 1.29 is 4.79 Å². The molecule has 0 atom stereocenters. The second kappa shape index (κ2) is 4.54. The smallest absolute Gasteiger partial charge is 0.271 e. The van der Waals surface area contributed by atoms with Gasteiger partial charge < -0.3 is 11.5 Å². The van der Waals surface area contributed by atoms with Gasteiger partial charge in [0.25, 0.3) is 5.91 Å². The highest BCUT2D eigenvalue weighted by Crippen LogP contribution is 2.11. The summed E-state index contributed by atoms with van der Waals surface area (Å²) in [5.41, 5.74) is 11.9. The zero-order valence-corrected chi connectivity index (χ0v) is 10.4. The van der Waals surface area contributed by atoms with Crippen molar-refractivity contribution in [2.24, 2.45) is 5.73 Å². The van der Waals surface area contributed by atoms with Gasteiger partial charge in [-0.3, -0.25) is 14.5 Å². The minimum Gasteiger partial charge on any atom is -0.396 e. The lowest BCUT2D eigenvalue weighted by Gasteiger charge is -2.00. The number of amides is 1. The zero-order chi connectivity index (χ0) is 12.4. The van der Waals surface area contributed by atoms with Crippen LogP contribution in [0.5, 0.6) is 0 Å². The molecule has 2 aromatic heterocycles. The molecule has 0 aliphatic rings. The summed E-state index contributed by atoms with van der Waals surface area (Å²) in [4.78, 5) is 15.2. The maximum atomic E-state index is 11.0. The normalized spacial score (nSPS) is 10.4. The zero-order valence-electron chi connectivity index (χ0n) is 8.80. The summed E-state index contributed by atoms with van der Waals surface area (Å²) in [5, 5.41) is 3.99. The van der Waals surface area contributed by atoms with Crippen molar-refractivity contribution >= 4 is 27.5 Å². The van der Waals surface area contributed by atoms with Gasteiger partial charge in [0.15, 0.2) is 5.69 Å². The van der Waals surface area contributed by atoms with Gasteiger partial charge in [-0.05, 0) is 28.1 Å². The quantitative estimate of drug-likeness (QED) is 0.873. The third-order valence-electron chi connectivity index (χ3n) is 2.14. The van der Waals surface area contributed by atoms with E-state index in [9.17, 15) is 4.79 Å². The van der Waals surface area contributed by atoms with Crippen LogP contribution >= 0.6 is 15.9 Å². The first-order valence-electron chi connectivity index (χ1n) is 4.79. The number of carbonyl (C=O) groups excluding carboxylic acids is 1. The Hall–Kier alpha value is -1.89. The van der Waals surface area contributed by atoms with E-state index in [1.807, 2.05) is 12.1 Å². The van der Waals surface area contributed by atoms with Crippen LogP contribution in [0.25, 0.3) is 0 Å². The number of hydrogen-bond donors (Lipinski definition) is 2. The van der Waals surface area contributed by atoms with Crippen LogP contribution in [-0.2, 0) is 6.54 Å². The third kappa shape index (κ3) is 2.62. The van der Waals surface area contributed by atoms with E-state index < -0.39 is 5.91 Å². The molecule has 0 saturated carbocycles. The van der Waals surface area contributed by atoms with Crippen LogP contribution in [0.15, 0.2) is 29.0 Å². The Morgan fingerprint density at radius 1 is 1.47 bits per heavy atom. The number of nitrogens with zero attached hydrogens (tertiary/aromatic N) is 3. The Balaban J connectivity index is 2.22. The van der Waals surface area contributed by atoms with Gasteiger partial charge in [0, 0.05) is 16.9 Å². The average molecular weight is 296 g/mol. The molecule has 0 saturated heterocycles. The van der Waals surface area contributed by atoms with E-state index in [0.717, 1.165) is 10.2 Å². The SMILES string of the molecule is NC(=O)c1nn(Cc2ccc(Br)cn2)cc1N. The van der Waals surface area contributed by atoms with Crippen molar-refractivity contribution in [2.45, 2.75) is 6.54 Å². The largest absolute Gasteiger partial charge is 0.396 e. The molecule has 2 rings (SSSR count). The maximum Gasteiger partial charge on any atom is 0.271 e. The summed E-state index contributed by atoms with van der Waals surface area (Å²) in [6.45, 7) is 0.435. The van der Waals surface area contributed by atoms with E-state index in [4.69, 9.17) is 11.5 Å². The highest BCUT2D eigenvalue weighted by Gasteiger charge is 2.11. The molecule has 0 spiro atoms. The maximum absolute atomic E-state index is 11.0. The van der Waals surface area contributed by atoms with Gasteiger partial charge in [-0.15, -0.1) is 0 Å². The van der Waals surface area contributed by atoms with E-state index in [0.29, 0.717) is 6.54 Å². The number of nitrogens with two attached hydrogens (primary N) is 2. The molecule has 0 fully saturated rings. The highest BCUT2D eigenvalue weighted by atomic mass is 79.9. The van der Waals surface area contributed by atoms with Gasteiger partial charge in [0.2, 0.25) is 0 Å².